The van der Waals surface area contributed by atoms with Gasteiger partial charge < -0.3 is 14.4 Å². The minimum Gasteiger partial charge on any atom is -0.484 e. The van der Waals surface area contributed by atoms with Crippen molar-refractivity contribution in [3.05, 3.63) is 84.4 Å². The van der Waals surface area contributed by atoms with Crippen LogP contribution in [-0.4, -0.2) is 55.5 Å². The first-order chi connectivity index (χ1) is 18.8. The van der Waals surface area contributed by atoms with Crippen LogP contribution in [0.5, 0.6) is 11.5 Å². The number of para-hydroxylation sites is 2. The van der Waals surface area contributed by atoms with Gasteiger partial charge in [-0.15, -0.1) is 5.92 Å². The van der Waals surface area contributed by atoms with E-state index in [9.17, 15) is 23.2 Å². The van der Waals surface area contributed by atoms with E-state index in [-0.39, 0.29) is 31.2 Å². The summed E-state index contributed by atoms with van der Waals surface area (Å²) in [6, 6.07) is 19.8. The quantitative estimate of drug-likeness (QED) is 0.251. The second kappa shape index (κ2) is 12.4. The van der Waals surface area contributed by atoms with Crippen LogP contribution in [0.1, 0.15) is 12.5 Å². The molecule has 11 heteroatoms. The molecular weight excluding hydrogens is 522 g/mol. The normalized spacial score (nSPS) is 15.2. The standard InChI is InChI=1S/C28H27N3O7S/c1-2-3-17-37-23-13-15-24(16-14-23)39(35,36)31-18-21-9-7-8-12-25(21)30(19-26(31)28(33)29-34)27(32)20-38-22-10-5-4-6-11-22/h4-16,26,34H,17-20H2,1H3,(H,29,33). The minimum atomic E-state index is -4.27. The number of ether oxygens (including phenoxy) is 2. The topological polar surface area (TPSA) is 125 Å². The van der Waals surface area contributed by atoms with E-state index in [1.54, 1.807) is 60.9 Å². The zero-order valence-electron chi connectivity index (χ0n) is 21.1. The monoisotopic (exact) mass is 549 g/mol. The molecule has 2 amide bonds. The Morgan fingerprint density at radius 2 is 1.64 bits per heavy atom. The molecule has 0 saturated heterocycles. The van der Waals surface area contributed by atoms with Crippen molar-refractivity contribution in [2.24, 2.45) is 0 Å². The lowest BCUT2D eigenvalue weighted by Gasteiger charge is -2.29. The van der Waals surface area contributed by atoms with E-state index in [2.05, 4.69) is 11.8 Å². The number of hydrogen-bond acceptors (Lipinski definition) is 7. The van der Waals surface area contributed by atoms with Gasteiger partial charge >= 0.3 is 0 Å². The first-order valence-electron chi connectivity index (χ1n) is 12.0. The predicted octanol–water partition coefficient (Wildman–Crippen LogP) is 2.58. The first kappa shape index (κ1) is 27.7. The van der Waals surface area contributed by atoms with Gasteiger partial charge in [-0.25, -0.2) is 13.9 Å². The largest absolute Gasteiger partial charge is 0.484 e. The number of nitrogens with zero attached hydrogens (tertiary/aromatic N) is 2. The van der Waals surface area contributed by atoms with Crippen molar-refractivity contribution < 1.29 is 32.7 Å². The van der Waals surface area contributed by atoms with E-state index < -0.39 is 27.9 Å². The molecule has 39 heavy (non-hydrogen) atoms. The number of anilines is 1. The Morgan fingerprint density at radius 1 is 0.974 bits per heavy atom. The molecule has 3 aromatic carbocycles. The maximum Gasteiger partial charge on any atom is 0.264 e. The Hall–Kier alpha value is -4.37. The van der Waals surface area contributed by atoms with Gasteiger partial charge in [0.1, 0.15) is 24.1 Å². The highest BCUT2D eigenvalue weighted by Gasteiger charge is 2.41. The second-order valence-electron chi connectivity index (χ2n) is 8.46. The molecule has 1 heterocycles. The Morgan fingerprint density at radius 3 is 2.33 bits per heavy atom. The molecule has 0 aliphatic carbocycles. The SMILES string of the molecule is CC#CCOc1ccc(S(=O)(=O)N2Cc3ccccc3N(C(=O)COc3ccccc3)CC2C(=O)NO)cc1. The van der Waals surface area contributed by atoms with Gasteiger partial charge in [0, 0.05) is 12.2 Å². The maximum absolute atomic E-state index is 13.8. The lowest BCUT2D eigenvalue weighted by atomic mass is 10.1. The Balaban J connectivity index is 1.66. The maximum atomic E-state index is 13.8. The molecule has 0 fully saturated rings. The van der Waals surface area contributed by atoms with Crippen LogP contribution < -0.4 is 19.9 Å². The molecule has 3 aromatic rings. The molecule has 1 aliphatic heterocycles. The van der Waals surface area contributed by atoms with Gasteiger partial charge in [-0.05, 0) is 55.0 Å². The van der Waals surface area contributed by atoms with Gasteiger partial charge in [-0.2, -0.15) is 4.31 Å². The number of hydrogen-bond donors (Lipinski definition) is 2. The summed E-state index contributed by atoms with van der Waals surface area (Å²) in [5.74, 6) is 4.91. The fourth-order valence-electron chi connectivity index (χ4n) is 4.10. The number of hydroxylamine groups is 1. The minimum absolute atomic E-state index is 0.0863. The van der Waals surface area contributed by atoms with Crippen molar-refractivity contribution in [1.82, 2.24) is 9.79 Å². The highest BCUT2D eigenvalue weighted by Crippen LogP contribution is 2.32. The summed E-state index contributed by atoms with van der Waals surface area (Å²) in [5.41, 5.74) is 2.49. The molecule has 1 atom stereocenters. The number of carbonyl (C=O) groups excluding carboxylic acids is 2. The van der Waals surface area contributed by atoms with E-state index in [1.165, 1.54) is 29.2 Å². The third-order valence-electron chi connectivity index (χ3n) is 6.05. The Bertz CT molecular complexity index is 1480. The zero-order chi connectivity index (χ0) is 27.8. The molecule has 10 nitrogen and oxygen atoms in total. The molecule has 202 valence electrons. The number of rotatable bonds is 8. The molecule has 0 radical (unpaired) electrons. The van der Waals surface area contributed by atoms with Crippen LogP contribution in [0.3, 0.4) is 0 Å². The summed E-state index contributed by atoms with van der Waals surface area (Å²) < 4.78 is 39.7. The molecular formula is C28H27N3O7S. The third-order valence-corrected chi connectivity index (χ3v) is 7.92. The third kappa shape index (κ3) is 6.38. The molecule has 0 aromatic heterocycles. The summed E-state index contributed by atoms with van der Waals surface area (Å²) in [7, 11) is -4.27. The van der Waals surface area contributed by atoms with Crippen LogP contribution in [0.2, 0.25) is 0 Å². The zero-order valence-corrected chi connectivity index (χ0v) is 21.9. The lowest BCUT2D eigenvalue weighted by molar-refractivity contribution is -0.133. The Kier molecular flexibility index (Phi) is 8.83. The van der Waals surface area contributed by atoms with Crippen molar-refractivity contribution >= 4 is 27.5 Å². The van der Waals surface area contributed by atoms with Crippen LogP contribution in [0, 0.1) is 11.8 Å². The van der Waals surface area contributed by atoms with E-state index >= 15 is 0 Å². The van der Waals surface area contributed by atoms with Gasteiger partial charge in [0.15, 0.2) is 6.61 Å². The predicted molar refractivity (Wildman–Crippen MR) is 143 cm³/mol. The molecule has 1 aliphatic rings. The van der Waals surface area contributed by atoms with Gasteiger partial charge in [0.25, 0.3) is 11.8 Å². The van der Waals surface area contributed by atoms with Crippen molar-refractivity contribution in [3.8, 4) is 23.3 Å². The van der Waals surface area contributed by atoms with E-state index in [0.29, 0.717) is 22.7 Å². The smallest absolute Gasteiger partial charge is 0.264 e. The van der Waals surface area contributed by atoms with E-state index in [0.717, 1.165) is 4.31 Å². The van der Waals surface area contributed by atoms with Crippen LogP contribution in [0.4, 0.5) is 5.69 Å². The van der Waals surface area contributed by atoms with Crippen molar-refractivity contribution in [3.63, 3.8) is 0 Å². The first-order valence-corrected chi connectivity index (χ1v) is 13.4. The van der Waals surface area contributed by atoms with Gasteiger partial charge in [0.05, 0.1) is 11.4 Å². The van der Waals surface area contributed by atoms with Crippen LogP contribution >= 0.6 is 0 Å². The number of sulfonamides is 1. The molecule has 0 spiro atoms. The van der Waals surface area contributed by atoms with Gasteiger partial charge in [-0.3, -0.25) is 14.8 Å². The number of benzene rings is 3. The molecule has 0 bridgehead atoms. The number of fused-ring (bicyclic) bond motifs is 1. The van der Waals surface area contributed by atoms with E-state index in [1.807, 2.05) is 6.07 Å². The van der Waals surface area contributed by atoms with Gasteiger partial charge in [0.2, 0.25) is 10.0 Å². The van der Waals surface area contributed by atoms with E-state index in [4.69, 9.17) is 9.47 Å². The number of amides is 2. The summed E-state index contributed by atoms with van der Waals surface area (Å²) in [4.78, 5) is 27.4. The van der Waals surface area contributed by atoms with Crippen LogP contribution in [-0.2, 0) is 26.2 Å². The average molecular weight is 550 g/mol. The highest BCUT2D eigenvalue weighted by molar-refractivity contribution is 7.89. The molecule has 4 rings (SSSR count). The van der Waals surface area contributed by atoms with Crippen LogP contribution in [0.25, 0.3) is 0 Å². The molecule has 0 saturated carbocycles. The Labute approximate surface area is 226 Å². The van der Waals surface area contributed by atoms with Crippen molar-refractivity contribution in [2.45, 2.75) is 24.4 Å². The number of nitrogens with one attached hydrogen (secondary N) is 1. The number of carbonyl (C=O) groups is 2. The van der Waals surface area contributed by atoms with Crippen LogP contribution in [0.15, 0.2) is 83.8 Å². The fourth-order valence-corrected chi connectivity index (χ4v) is 5.66. The second-order valence-corrected chi connectivity index (χ2v) is 10.4. The summed E-state index contributed by atoms with van der Waals surface area (Å²) in [5, 5.41) is 9.49. The highest BCUT2D eigenvalue weighted by atomic mass is 32.2. The van der Waals surface area contributed by atoms with Gasteiger partial charge in [-0.1, -0.05) is 42.3 Å². The average Bonchev–Trinajstić information content (AvgIpc) is 3.14. The fraction of sp³-hybridized carbons (Fsp3) is 0.214. The summed E-state index contributed by atoms with van der Waals surface area (Å²) in [6.45, 7) is 0.924. The summed E-state index contributed by atoms with van der Waals surface area (Å²) >= 11 is 0. The van der Waals surface area contributed by atoms with Crippen molar-refractivity contribution in [1.29, 1.82) is 0 Å². The van der Waals surface area contributed by atoms with Crippen molar-refractivity contribution in [2.75, 3.05) is 24.7 Å². The molecule has 1 unspecified atom stereocenters. The lowest BCUT2D eigenvalue weighted by Crippen LogP contribution is -2.53. The summed E-state index contributed by atoms with van der Waals surface area (Å²) in [6.07, 6.45) is 0. The molecule has 2 N–H and O–H groups in total.